The molecule has 2 saturated carbocycles. The van der Waals surface area contributed by atoms with E-state index in [1.807, 2.05) is 31.2 Å². The van der Waals surface area contributed by atoms with Crippen molar-refractivity contribution in [3.05, 3.63) is 68.7 Å². The quantitative estimate of drug-likeness (QED) is 0.262. The molecule has 2 aliphatic rings. The van der Waals surface area contributed by atoms with Crippen LogP contribution in [0.4, 0.5) is 11.4 Å². The van der Waals surface area contributed by atoms with Crippen molar-refractivity contribution in [1.29, 1.82) is 0 Å². The molecule has 1 N–H and O–H groups in total. The predicted molar refractivity (Wildman–Crippen MR) is 138 cm³/mol. The van der Waals surface area contributed by atoms with Gasteiger partial charge in [0.2, 0.25) is 5.91 Å². The highest BCUT2D eigenvalue weighted by atomic mass is 35.5. The number of nitrogens with zero attached hydrogens (tertiary/aromatic N) is 2. The van der Waals surface area contributed by atoms with E-state index in [1.165, 1.54) is 17.7 Å². The van der Waals surface area contributed by atoms with Crippen LogP contribution in [-0.4, -0.2) is 22.5 Å². The maximum atomic E-state index is 13.7. The van der Waals surface area contributed by atoms with E-state index in [-0.39, 0.29) is 22.2 Å². The number of halogens is 1. The second-order valence-electron chi connectivity index (χ2n) is 10.8. The topological polar surface area (TPSA) is 111 Å². The van der Waals surface area contributed by atoms with E-state index in [4.69, 9.17) is 16.4 Å². The molecule has 0 aliphatic heterocycles. The molecule has 0 saturated heterocycles. The summed E-state index contributed by atoms with van der Waals surface area (Å²) in [6, 6.07) is 11.6. The summed E-state index contributed by atoms with van der Waals surface area (Å²) in [6.45, 7) is 10.4. The lowest BCUT2D eigenvalue weighted by molar-refractivity contribution is -0.384. The molecular formula is C27H30ClN3O5. The average molecular weight is 512 g/mol. The van der Waals surface area contributed by atoms with Crippen molar-refractivity contribution >= 4 is 40.6 Å². The lowest BCUT2D eigenvalue weighted by Gasteiger charge is -2.39. The Hall–Kier alpha value is -3.26. The number of anilines is 1. The molecule has 2 atom stereocenters. The van der Waals surface area contributed by atoms with Gasteiger partial charge in [-0.1, -0.05) is 63.5 Å². The molecule has 0 radical (unpaired) electrons. The third-order valence-electron chi connectivity index (χ3n) is 8.62. The highest BCUT2D eigenvalue weighted by molar-refractivity contribution is 6.32. The van der Waals surface area contributed by atoms with Crippen LogP contribution in [0.3, 0.4) is 0 Å². The molecule has 2 fully saturated rings. The standard InChI is InChI=1S/C27H30ClN3O5/c1-16(2)17-6-9-19(10-7-17)29-24(33)27-13-12-26(5,25(27,3)4)22(15-27)30-36-23(32)18-8-11-20(28)21(14-18)31(34)35/h6-11,14,16H,12-13,15H2,1-5H3,(H,29,33)/b30-22-. The number of amides is 1. The summed E-state index contributed by atoms with van der Waals surface area (Å²) in [5.74, 6) is -0.494. The molecule has 36 heavy (non-hydrogen) atoms. The van der Waals surface area contributed by atoms with E-state index >= 15 is 0 Å². The van der Waals surface area contributed by atoms with Crippen LogP contribution >= 0.6 is 11.6 Å². The Kier molecular flexibility index (Phi) is 6.45. The van der Waals surface area contributed by atoms with Gasteiger partial charge in [0.05, 0.1) is 21.6 Å². The Morgan fingerprint density at radius 1 is 1.11 bits per heavy atom. The summed E-state index contributed by atoms with van der Waals surface area (Å²) in [5.41, 5.74) is 0.574. The average Bonchev–Trinajstić information content (AvgIpc) is 3.13. The number of rotatable bonds is 6. The summed E-state index contributed by atoms with van der Waals surface area (Å²) in [7, 11) is 0. The van der Waals surface area contributed by atoms with E-state index < -0.39 is 27.1 Å². The predicted octanol–water partition coefficient (Wildman–Crippen LogP) is 6.74. The highest BCUT2D eigenvalue weighted by Crippen LogP contribution is 2.71. The number of nitro benzene ring substituents is 1. The van der Waals surface area contributed by atoms with Gasteiger partial charge in [-0.05, 0) is 54.0 Å². The van der Waals surface area contributed by atoms with Gasteiger partial charge in [0.1, 0.15) is 5.02 Å². The molecule has 2 aromatic rings. The lowest BCUT2D eigenvalue weighted by Crippen LogP contribution is -2.43. The van der Waals surface area contributed by atoms with Gasteiger partial charge in [-0.3, -0.25) is 14.9 Å². The van der Waals surface area contributed by atoms with Crippen LogP contribution in [0.15, 0.2) is 47.6 Å². The third kappa shape index (κ3) is 3.97. The number of nitro groups is 1. The van der Waals surface area contributed by atoms with Crippen LogP contribution < -0.4 is 5.32 Å². The normalized spacial score (nSPS) is 25.2. The van der Waals surface area contributed by atoms with Crippen molar-refractivity contribution in [3.63, 3.8) is 0 Å². The third-order valence-corrected chi connectivity index (χ3v) is 8.94. The van der Waals surface area contributed by atoms with E-state index in [1.54, 1.807) is 0 Å². The monoisotopic (exact) mass is 511 g/mol. The van der Waals surface area contributed by atoms with Gasteiger partial charge < -0.3 is 10.2 Å². The smallest absolute Gasteiger partial charge is 0.326 e. The number of carbonyl (C=O) groups excluding carboxylic acids is 2. The second kappa shape index (κ2) is 9.00. The summed E-state index contributed by atoms with van der Waals surface area (Å²) in [6.07, 6.45) is 1.78. The number of carbonyl (C=O) groups is 2. The van der Waals surface area contributed by atoms with Crippen LogP contribution in [0.5, 0.6) is 0 Å². The van der Waals surface area contributed by atoms with Crippen molar-refractivity contribution in [3.8, 4) is 0 Å². The molecule has 2 aliphatic carbocycles. The zero-order chi connectivity index (χ0) is 26.5. The molecule has 0 aromatic heterocycles. The van der Waals surface area contributed by atoms with Crippen molar-refractivity contribution < 1.29 is 19.3 Å². The number of fused-ring (bicyclic) bond motifs is 2. The van der Waals surface area contributed by atoms with Gasteiger partial charge in [-0.15, -0.1) is 0 Å². The molecular weight excluding hydrogens is 482 g/mol. The van der Waals surface area contributed by atoms with E-state index in [9.17, 15) is 19.7 Å². The minimum atomic E-state index is -0.824. The maximum absolute atomic E-state index is 13.7. The van der Waals surface area contributed by atoms with E-state index in [0.29, 0.717) is 24.5 Å². The molecule has 9 heteroatoms. The van der Waals surface area contributed by atoms with Crippen molar-refractivity contribution in [2.45, 2.75) is 59.8 Å². The fourth-order valence-corrected chi connectivity index (χ4v) is 5.84. The van der Waals surface area contributed by atoms with Crippen molar-refractivity contribution in [2.75, 3.05) is 5.32 Å². The van der Waals surface area contributed by atoms with Crippen LogP contribution in [0.2, 0.25) is 5.02 Å². The fourth-order valence-electron chi connectivity index (χ4n) is 5.65. The van der Waals surface area contributed by atoms with Gasteiger partial charge >= 0.3 is 5.97 Å². The van der Waals surface area contributed by atoms with Crippen LogP contribution in [-0.2, 0) is 9.63 Å². The number of nitrogens with one attached hydrogen (secondary N) is 1. The van der Waals surface area contributed by atoms with Gasteiger partial charge in [0, 0.05) is 23.6 Å². The van der Waals surface area contributed by atoms with E-state index in [2.05, 4.69) is 38.2 Å². The molecule has 0 spiro atoms. The summed E-state index contributed by atoms with van der Waals surface area (Å²) >= 11 is 5.83. The van der Waals surface area contributed by atoms with Crippen molar-refractivity contribution in [2.24, 2.45) is 21.4 Å². The molecule has 2 bridgehead atoms. The second-order valence-corrected chi connectivity index (χ2v) is 11.2. The molecule has 190 valence electrons. The molecule has 4 rings (SSSR count). The largest absolute Gasteiger partial charge is 0.365 e. The Bertz CT molecular complexity index is 1270. The number of hydrogen-bond acceptors (Lipinski definition) is 6. The van der Waals surface area contributed by atoms with Crippen molar-refractivity contribution in [1.82, 2.24) is 0 Å². The van der Waals surface area contributed by atoms with Gasteiger partial charge in [-0.25, -0.2) is 4.79 Å². The minimum Gasteiger partial charge on any atom is -0.326 e. The summed E-state index contributed by atoms with van der Waals surface area (Å²) in [4.78, 5) is 42.0. The Labute approximate surface area is 215 Å². The first-order chi connectivity index (χ1) is 16.8. The van der Waals surface area contributed by atoms with E-state index in [0.717, 1.165) is 18.2 Å². The molecule has 1 amide bonds. The fraction of sp³-hybridized carbons (Fsp3) is 0.444. The Morgan fingerprint density at radius 2 is 1.78 bits per heavy atom. The Balaban J connectivity index is 1.56. The summed E-state index contributed by atoms with van der Waals surface area (Å²) < 4.78 is 0. The first-order valence-electron chi connectivity index (χ1n) is 12.0. The maximum Gasteiger partial charge on any atom is 0.365 e. The zero-order valence-electron chi connectivity index (χ0n) is 21.1. The van der Waals surface area contributed by atoms with Gasteiger partial charge in [0.15, 0.2) is 0 Å². The van der Waals surface area contributed by atoms with Crippen LogP contribution in [0.1, 0.15) is 75.7 Å². The van der Waals surface area contributed by atoms with Gasteiger partial charge in [0.25, 0.3) is 5.69 Å². The zero-order valence-corrected chi connectivity index (χ0v) is 21.8. The molecule has 8 nitrogen and oxygen atoms in total. The lowest BCUT2D eigenvalue weighted by atomic mass is 9.64. The minimum absolute atomic E-state index is 0.0275. The molecule has 2 unspecified atom stereocenters. The van der Waals surface area contributed by atoms with Gasteiger partial charge in [-0.2, -0.15) is 0 Å². The SMILES string of the molecule is CC(C)c1ccc(NC(=O)C23CCC(C)(/C(=N\OC(=O)c4ccc(Cl)c([N+](=O)[O-])c4)C2)C3(C)C)cc1. The number of hydrogen-bond donors (Lipinski definition) is 1. The highest BCUT2D eigenvalue weighted by Gasteiger charge is 2.71. The molecule has 0 heterocycles. The first-order valence-corrected chi connectivity index (χ1v) is 12.3. The molecule has 2 aromatic carbocycles. The van der Waals surface area contributed by atoms with Crippen LogP contribution in [0, 0.1) is 26.4 Å². The summed E-state index contributed by atoms with van der Waals surface area (Å²) in [5, 5.41) is 18.4. The number of benzene rings is 2. The van der Waals surface area contributed by atoms with Crippen LogP contribution in [0.25, 0.3) is 0 Å². The number of oxime groups is 1. The first kappa shape index (κ1) is 25.8. The Morgan fingerprint density at radius 3 is 2.39 bits per heavy atom.